The first kappa shape index (κ1) is 32.4. The summed E-state index contributed by atoms with van der Waals surface area (Å²) in [6.45, 7) is -0.210. The van der Waals surface area contributed by atoms with Gasteiger partial charge in [-0.25, -0.2) is 36.2 Å². The summed E-state index contributed by atoms with van der Waals surface area (Å²) in [4.78, 5) is 8.04. The van der Waals surface area contributed by atoms with Crippen LogP contribution in [0.1, 0.15) is 64.2 Å². The summed E-state index contributed by atoms with van der Waals surface area (Å²) in [6.07, 6.45) is 13.2. The molecule has 2 fully saturated rings. The lowest BCUT2D eigenvalue weighted by atomic mass is 9.85. The van der Waals surface area contributed by atoms with E-state index in [0.29, 0.717) is 34.4 Å². The van der Waals surface area contributed by atoms with Crippen molar-refractivity contribution in [1.82, 2.24) is 39.8 Å². The van der Waals surface area contributed by atoms with E-state index in [1.165, 1.54) is 19.3 Å². The normalized spacial score (nSPS) is 20.8. The minimum atomic E-state index is -3.77. The Morgan fingerprint density at radius 2 is 1.36 bits per heavy atom. The molecule has 4 aromatic heterocycles. The minimum absolute atomic E-state index is 0.00152. The lowest BCUT2D eigenvalue weighted by Gasteiger charge is -2.30. The summed E-state index contributed by atoms with van der Waals surface area (Å²) in [5, 5.41) is 32.8. The third-order valence-electron chi connectivity index (χ3n) is 8.46. The van der Waals surface area contributed by atoms with E-state index in [2.05, 4.69) is 39.8 Å². The maximum Gasteiger partial charge on any atom is 0.258 e. The Hall–Kier alpha value is -3.02. The number of H-pyrrole nitrogens is 2. The van der Waals surface area contributed by atoms with E-state index in [4.69, 9.17) is 0 Å². The molecule has 44 heavy (non-hydrogen) atoms. The van der Waals surface area contributed by atoms with Crippen LogP contribution >= 0.6 is 0 Å². The van der Waals surface area contributed by atoms with Crippen LogP contribution in [0.25, 0.3) is 22.1 Å². The van der Waals surface area contributed by atoms with Crippen molar-refractivity contribution in [2.75, 3.05) is 13.2 Å². The van der Waals surface area contributed by atoms with Crippen LogP contribution in [-0.2, 0) is 20.0 Å². The van der Waals surface area contributed by atoms with Crippen LogP contribution in [0.5, 0.6) is 0 Å². The molecule has 4 heterocycles. The highest BCUT2D eigenvalue weighted by molar-refractivity contribution is 7.90. The summed E-state index contributed by atoms with van der Waals surface area (Å²) in [6, 6.07) is 5.97. The third-order valence-corrected chi connectivity index (χ3v) is 11.4. The first-order valence-electron chi connectivity index (χ1n) is 15.1. The Morgan fingerprint density at radius 1 is 0.795 bits per heavy atom. The summed E-state index contributed by atoms with van der Waals surface area (Å²) in [7, 11) is -7.48. The molecule has 1 unspecified atom stereocenters. The molecule has 3 atom stereocenters. The zero-order chi connectivity index (χ0) is 31.2. The van der Waals surface area contributed by atoms with Gasteiger partial charge in [0.1, 0.15) is 0 Å². The summed E-state index contributed by atoms with van der Waals surface area (Å²) >= 11 is 0. The summed E-state index contributed by atoms with van der Waals surface area (Å²) in [5.74, 6) is 0.449. The van der Waals surface area contributed by atoms with Gasteiger partial charge in [-0.05, 0) is 55.4 Å². The van der Waals surface area contributed by atoms with Crippen LogP contribution in [0.4, 0.5) is 0 Å². The molecule has 240 valence electrons. The highest BCUT2D eigenvalue weighted by Crippen LogP contribution is 2.29. The van der Waals surface area contributed by atoms with Gasteiger partial charge in [0.05, 0.1) is 17.4 Å². The molecule has 0 aliphatic heterocycles. The van der Waals surface area contributed by atoms with Crippen molar-refractivity contribution in [3.05, 3.63) is 36.7 Å². The number of fused-ring (bicyclic) bond motifs is 2. The number of rotatable bonds is 10. The van der Waals surface area contributed by atoms with Crippen LogP contribution in [0.15, 0.2) is 46.7 Å². The molecule has 16 heteroatoms. The van der Waals surface area contributed by atoms with Gasteiger partial charge in [0.2, 0.25) is 0 Å². The number of sulfonamides is 2. The smallest absolute Gasteiger partial charge is 0.258 e. The fourth-order valence-electron chi connectivity index (χ4n) is 6.17. The predicted molar refractivity (Wildman–Crippen MR) is 163 cm³/mol. The van der Waals surface area contributed by atoms with E-state index in [1.54, 1.807) is 36.7 Å². The second-order valence-electron chi connectivity index (χ2n) is 11.6. The van der Waals surface area contributed by atoms with Gasteiger partial charge >= 0.3 is 0 Å². The van der Waals surface area contributed by atoms with Crippen LogP contribution in [0, 0.1) is 11.8 Å². The zero-order valence-electron chi connectivity index (χ0n) is 24.4. The SMILES string of the molecule is O=S(=O)(NC(CO)CC1CCCCC1)c1[nH]nc2ncccc12.O=S(=O)(N[C@H]1CCCC[C@H]1CO)c1[nH]nc2ncccc12. The van der Waals surface area contributed by atoms with Gasteiger partial charge in [-0.2, -0.15) is 10.2 Å². The highest BCUT2D eigenvalue weighted by Gasteiger charge is 2.31. The van der Waals surface area contributed by atoms with Crippen LogP contribution in [-0.4, -0.2) is 82.7 Å². The number of aliphatic hydroxyl groups is 2. The molecule has 14 nitrogen and oxygen atoms in total. The van der Waals surface area contributed by atoms with E-state index in [9.17, 15) is 27.0 Å². The third kappa shape index (κ3) is 7.61. The maximum absolute atomic E-state index is 12.6. The molecule has 6 rings (SSSR count). The number of nitrogens with one attached hydrogen (secondary N) is 4. The molecule has 0 bridgehead atoms. The van der Waals surface area contributed by atoms with Crippen LogP contribution in [0.3, 0.4) is 0 Å². The number of pyridine rings is 2. The molecule has 4 aromatic rings. The lowest BCUT2D eigenvalue weighted by Crippen LogP contribution is -2.43. The van der Waals surface area contributed by atoms with Crippen molar-refractivity contribution >= 4 is 42.1 Å². The van der Waals surface area contributed by atoms with E-state index in [1.807, 2.05) is 0 Å². The monoisotopic (exact) mass is 648 g/mol. The quantitative estimate of drug-likeness (QED) is 0.148. The zero-order valence-corrected chi connectivity index (χ0v) is 26.0. The topological polar surface area (TPSA) is 216 Å². The van der Waals surface area contributed by atoms with E-state index in [0.717, 1.165) is 38.5 Å². The molecule has 2 saturated carbocycles. The molecule has 0 spiro atoms. The molecule has 0 saturated heterocycles. The minimum Gasteiger partial charge on any atom is -0.396 e. The fraction of sp³-hybridized carbons (Fsp3) is 0.571. The second kappa shape index (κ2) is 14.4. The average Bonchev–Trinajstić information content (AvgIpc) is 3.67. The van der Waals surface area contributed by atoms with Crippen molar-refractivity contribution in [1.29, 1.82) is 0 Å². The Kier molecular flexibility index (Phi) is 10.6. The number of hydrogen-bond donors (Lipinski definition) is 6. The van der Waals surface area contributed by atoms with Crippen molar-refractivity contribution < 1.29 is 27.0 Å². The standard InChI is InChI=1S/C15H22N4O3S.C13H18N4O3S/c20-10-12(9-11-5-2-1-3-6-11)19-23(21,22)15-13-7-4-8-16-14(13)17-18-15;18-8-9-4-1-2-6-11(9)17-21(19,20)13-10-5-3-7-14-12(10)15-16-13/h4,7-8,11-12,19-20H,1-3,5-6,9-10H2,(H,16,17,18);3,5,7,9,11,17-18H,1-2,4,6,8H2,(H,14,15,16)/t;9-,11-/m.0/s1. The summed E-state index contributed by atoms with van der Waals surface area (Å²) in [5.41, 5.74) is 0.737. The first-order valence-corrected chi connectivity index (χ1v) is 18.0. The number of aromatic amines is 2. The van der Waals surface area contributed by atoms with Crippen LogP contribution < -0.4 is 9.44 Å². The second-order valence-corrected chi connectivity index (χ2v) is 14.9. The lowest BCUT2D eigenvalue weighted by molar-refractivity contribution is 0.164. The van der Waals surface area contributed by atoms with E-state index < -0.39 is 26.1 Å². The Labute approximate surface area is 256 Å². The number of aliphatic hydroxyl groups excluding tert-OH is 2. The Balaban J connectivity index is 0.000000175. The Morgan fingerprint density at radius 3 is 1.95 bits per heavy atom. The van der Waals surface area contributed by atoms with Gasteiger partial charge < -0.3 is 10.2 Å². The Bertz CT molecular complexity index is 1740. The van der Waals surface area contributed by atoms with Crippen LogP contribution in [0.2, 0.25) is 0 Å². The van der Waals surface area contributed by atoms with Gasteiger partial charge in [0.25, 0.3) is 20.0 Å². The van der Waals surface area contributed by atoms with Crippen molar-refractivity contribution in [2.24, 2.45) is 11.8 Å². The van der Waals surface area contributed by atoms with Gasteiger partial charge in [-0.3, -0.25) is 10.2 Å². The van der Waals surface area contributed by atoms with Crippen molar-refractivity contribution in [3.8, 4) is 0 Å². The number of hydrogen-bond acceptors (Lipinski definition) is 10. The number of nitrogens with zero attached hydrogens (tertiary/aromatic N) is 4. The number of aromatic nitrogens is 6. The molecule has 0 amide bonds. The van der Waals surface area contributed by atoms with E-state index in [-0.39, 0.29) is 35.2 Å². The van der Waals surface area contributed by atoms with Crippen molar-refractivity contribution in [2.45, 2.75) is 86.3 Å². The van der Waals surface area contributed by atoms with Gasteiger partial charge in [-0.1, -0.05) is 44.9 Å². The summed E-state index contributed by atoms with van der Waals surface area (Å²) < 4.78 is 55.6. The average molecular weight is 649 g/mol. The molecule has 2 aliphatic rings. The fourth-order valence-corrected chi connectivity index (χ4v) is 8.95. The molecule has 6 N–H and O–H groups in total. The molecular formula is C28H40N8O6S2. The first-order chi connectivity index (χ1) is 21.2. The highest BCUT2D eigenvalue weighted by atomic mass is 32.2. The largest absolute Gasteiger partial charge is 0.396 e. The predicted octanol–water partition coefficient (Wildman–Crippen LogP) is 2.35. The van der Waals surface area contributed by atoms with Gasteiger partial charge in [-0.15, -0.1) is 0 Å². The maximum atomic E-state index is 12.6. The van der Waals surface area contributed by atoms with E-state index >= 15 is 0 Å². The van der Waals surface area contributed by atoms with Gasteiger partial charge in [0, 0.05) is 31.1 Å². The molecule has 0 aromatic carbocycles. The van der Waals surface area contributed by atoms with Crippen molar-refractivity contribution in [3.63, 3.8) is 0 Å². The molecular weight excluding hydrogens is 608 g/mol. The molecule has 2 aliphatic carbocycles. The molecule has 0 radical (unpaired) electrons. The van der Waals surface area contributed by atoms with Gasteiger partial charge in [0.15, 0.2) is 21.3 Å².